The minimum Gasteiger partial charge on any atom is -0.480 e. The third-order valence-corrected chi connectivity index (χ3v) is 3.31. The van der Waals surface area contributed by atoms with E-state index in [1.807, 2.05) is 0 Å². The predicted molar refractivity (Wildman–Crippen MR) is 64.8 cm³/mol. The number of carbonyl (C=O) groups is 2. The van der Waals surface area contributed by atoms with Gasteiger partial charge in [-0.3, -0.25) is 14.9 Å². The lowest BCUT2D eigenvalue weighted by Crippen LogP contribution is -2.59. The second kappa shape index (κ2) is 4.68. The highest BCUT2D eigenvalue weighted by Gasteiger charge is 2.45. The van der Waals surface area contributed by atoms with E-state index in [4.69, 9.17) is 5.11 Å². The van der Waals surface area contributed by atoms with Gasteiger partial charge in [0.15, 0.2) is 0 Å². The summed E-state index contributed by atoms with van der Waals surface area (Å²) in [6.07, 6.45) is 1.56. The molecule has 1 saturated carbocycles. The van der Waals surface area contributed by atoms with Gasteiger partial charge in [0.25, 0.3) is 11.6 Å². The van der Waals surface area contributed by atoms with Gasteiger partial charge in [-0.05, 0) is 31.4 Å². The third-order valence-electron chi connectivity index (χ3n) is 3.31. The second-order valence-electron chi connectivity index (χ2n) is 4.50. The fraction of sp³-hybridized carbons (Fsp3) is 0.333. The van der Waals surface area contributed by atoms with Gasteiger partial charge in [-0.25, -0.2) is 4.79 Å². The van der Waals surface area contributed by atoms with Crippen LogP contribution in [0.4, 0.5) is 5.69 Å². The molecular formula is C12H12N2O5. The molecule has 0 aliphatic heterocycles. The van der Waals surface area contributed by atoms with Crippen molar-refractivity contribution in [3.05, 3.63) is 39.9 Å². The largest absolute Gasteiger partial charge is 0.480 e. The molecule has 7 nitrogen and oxygen atoms in total. The van der Waals surface area contributed by atoms with Gasteiger partial charge in [-0.1, -0.05) is 0 Å². The van der Waals surface area contributed by atoms with Crippen molar-refractivity contribution in [1.29, 1.82) is 0 Å². The second-order valence-corrected chi connectivity index (χ2v) is 4.50. The summed E-state index contributed by atoms with van der Waals surface area (Å²) >= 11 is 0. The Labute approximate surface area is 108 Å². The Morgan fingerprint density at radius 1 is 1.26 bits per heavy atom. The number of nitro benzene ring substituents is 1. The van der Waals surface area contributed by atoms with Crippen molar-refractivity contribution >= 4 is 17.6 Å². The van der Waals surface area contributed by atoms with Crippen LogP contribution in [0.15, 0.2) is 24.3 Å². The van der Waals surface area contributed by atoms with E-state index >= 15 is 0 Å². The summed E-state index contributed by atoms with van der Waals surface area (Å²) in [7, 11) is 0. The minimum atomic E-state index is -1.18. The van der Waals surface area contributed by atoms with E-state index in [9.17, 15) is 19.7 Å². The van der Waals surface area contributed by atoms with Gasteiger partial charge in [0.1, 0.15) is 5.54 Å². The van der Waals surface area contributed by atoms with E-state index < -0.39 is 22.3 Å². The van der Waals surface area contributed by atoms with Crippen molar-refractivity contribution in [2.24, 2.45) is 0 Å². The lowest BCUT2D eigenvalue weighted by atomic mass is 9.76. The highest BCUT2D eigenvalue weighted by Crippen LogP contribution is 2.32. The van der Waals surface area contributed by atoms with Gasteiger partial charge in [0.05, 0.1) is 4.92 Å². The van der Waals surface area contributed by atoms with Gasteiger partial charge in [0.2, 0.25) is 0 Å². The zero-order valence-electron chi connectivity index (χ0n) is 9.96. The van der Waals surface area contributed by atoms with Crippen LogP contribution in [0.3, 0.4) is 0 Å². The van der Waals surface area contributed by atoms with Crippen molar-refractivity contribution in [3.63, 3.8) is 0 Å². The minimum absolute atomic E-state index is 0.117. The monoisotopic (exact) mass is 264 g/mol. The molecule has 1 aliphatic carbocycles. The number of nitrogens with zero attached hydrogens (tertiary/aromatic N) is 1. The van der Waals surface area contributed by atoms with Crippen molar-refractivity contribution in [2.75, 3.05) is 0 Å². The molecular weight excluding hydrogens is 252 g/mol. The number of benzene rings is 1. The van der Waals surface area contributed by atoms with Crippen molar-refractivity contribution in [2.45, 2.75) is 24.8 Å². The zero-order chi connectivity index (χ0) is 14.0. The quantitative estimate of drug-likeness (QED) is 0.629. The fourth-order valence-corrected chi connectivity index (χ4v) is 1.95. The Bertz CT molecular complexity index is 534. The molecule has 0 bridgehead atoms. The number of hydrogen-bond acceptors (Lipinski definition) is 4. The maximum Gasteiger partial charge on any atom is 0.329 e. The van der Waals surface area contributed by atoms with E-state index in [1.54, 1.807) is 0 Å². The molecule has 0 heterocycles. The van der Waals surface area contributed by atoms with Gasteiger partial charge in [-0.2, -0.15) is 0 Å². The molecule has 1 fully saturated rings. The molecule has 0 unspecified atom stereocenters. The van der Waals surface area contributed by atoms with Crippen molar-refractivity contribution in [1.82, 2.24) is 5.32 Å². The van der Waals surface area contributed by atoms with E-state index in [1.165, 1.54) is 24.3 Å². The first-order chi connectivity index (χ1) is 8.94. The maximum atomic E-state index is 11.9. The van der Waals surface area contributed by atoms with E-state index in [0.717, 1.165) is 6.42 Å². The number of carboxylic acids is 1. The third kappa shape index (κ3) is 2.40. The van der Waals surface area contributed by atoms with Crippen molar-refractivity contribution in [3.8, 4) is 0 Å². The molecule has 7 heteroatoms. The van der Waals surface area contributed by atoms with Crippen LogP contribution in [0.1, 0.15) is 29.6 Å². The van der Waals surface area contributed by atoms with Gasteiger partial charge in [0, 0.05) is 17.7 Å². The molecule has 2 N–H and O–H groups in total. The first-order valence-electron chi connectivity index (χ1n) is 5.75. The number of amides is 1. The van der Waals surface area contributed by atoms with Crippen LogP contribution in [-0.2, 0) is 4.79 Å². The maximum absolute atomic E-state index is 11.9. The van der Waals surface area contributed by atoms with E-state index in [-0.39, 0.29) is 11.3 Å². The number of nitrogens with one attached hydrogen (secondary N) is 1. The lowest BCUT2D eigenvalue weighted by molar-refractivity contribution is -0.384. The molecule has 0 radical (unpaired) electrons. The highest BCUT2D eigenvalue weighted by atomic mass is 16.6. The lowest BCUT2D eigenvalue weighted by Gasteiger charge is -2.38. The molecule has 0 saturated heterocycles. The van der Waals surface area contributed by atoms with Crippen LogP contribution in [0.5, 0.6) is 0 Å². The average Bonchev–Trinajstić information content (AvgIpc) is 2.33. The molecule has 0 spiro atoms. The summed E-state index contributed by atoms with van der Waals surface area (Å²) in [6.45, 7) is 0. The molecule has 100 valence electrons. The predicted octanol–water partition coefficient (Wildman–Crippen LogP) is 1.33. The number of carbonyl (C=O) groups excluding carboxylic acids is 1. The number of aliphatic carboxylic acids is 1. The number of rotatable bonds is 4. The molecule has 1 aliphatic rings. The van der Waals surface area contributed by atoms with Gasteiger partial charge < -0.3 is 10.4 Å². The molecule has 2 rings (SSSR count). The Morgan fingerprint density at radius 2 is 1.84 bits per heavy atom. The zero-order valence-corrected chi connectivity index (χ0v) is 9.96. The summed E-state index contributed by atoms with van der Waals surface area (Å²) in [6, 6.07) is 5.04. The summed E-state index contributed by atoms with van der Waals surface area (Å²) < 4.78 is 0. The van der Waals surface area contributed by atoms with Crippen LogP contribution in [0.25, 0.3) is 0 Å². The summed E-state index contributed by atoms with van der Waals surface area (Å²) in [5, 5.41) is 22.1. The number of hydrogen-bond donors (Lipinski definition) is 2. The molecule has 1 aromatic carbocycles. The Balaban J connectivity index is 2.12. The summed E-state index contributed by atoms with van der Waals surface area (Å²) in [4.78, 5) is 32.9. The van der Waals surface area contributed by atoms with E-state index in [0.29, 0.717) is 12.8 Å². The Morgan fingerprint density at radius 3 is 2.21 bits per heavy atom. The van der Waals surface area contributed by atoms with Gasteiger partial charge in [-0.15, -0.1) is 0 Å². The number of carboxylic acid groups (broad SMARTS) is 1. The molecule has 1 amide bonds. The first kappa shape index (κ1) is 13.0. The normalized spacial score (nSPS) is 16.2. The van der Waals surface area contributed by atoms with Crippen LogP contribution in [0.2, 0.25) is 0 Å². The molecule has 0 aromatic heterocycles. The summed E-state index contributed by atoms with van der Waals surface area (Å²) in [5.41, 5.74) is -1.09. The highest BCUT2D eigenvalue weighted by molar-refractivity contribution is 5.98. The molecule has 19 heavy (non-hydrogen) atoms. The number of non-ortho nitro benzene ring substituents is 1. The smallest absolute Gasteiger partial charge is 0.329 e. The van der Waals surface area contributed by atoms with Gasteiger partial charge >= 0.3 is 5.97 Å². The van der Waals surface area contributed by atoms with Crippen LogP contribution >= 0.6 is 0 Å². The fourth-order valence-electron chi connectivity index (χ4n) is 1.95. The van der Waals surface area contributed by atoms with E-state index in [2.05, 4.69) is 5.32 Å². The summed E-state index contributed by atoms with van der Waals surface area (Å²) in [5.74, 6) is -1.58. The van der Waals surface area contributed by atoms with Crippen LogP contribution in [-0.4, -0.2) is 27.4 Å². The van der Waals surface area contributed by atoms with Crippen LogP contribution < -0.4 is 5.32 Å². The SMILES string of the molecule is O=C(NC1(C(=O)O)CCC1)c1ccc([N+](=O)[O-])cc1. The molecule has 0 atom stereocenters. The van der Waals surface area contributed by atoms with Crippen LogP contribution in [0, 0.1) is 10.1 Å². The Kier molecular flexibility index (Phi) is 3.20. The molecule has 1 aromatic rings. The average molecular weight is 264 g/mol. The number of nitro groups is 1. The standard InChI is InChI=1S/C12H12N2O5/c15-10(13-12(11(16)17)6-1-7-12)8-2-4-9(5-3-8)14(18)19/h2-5H,1,6-7H2,(H,13,15)(H,16,17). The van der Waals surface area contributed by atoms with Crippen molar-refractivity contribution < 1.29 is 19.6 Å². The topological polar surface area (TPSA) is 110 Å². The first-order valence-corrected chi connectivity index (χ1v) is 5.75. The Hall–Kier alpha value is -2.44.